The van der Waals surface area contributed by atoms with Crippen LogP contribution in [0.3, 0.4) is 0 Å². The van der Waals surface area contributed by atoms with E-state index in [0.29, 0.717) is 0 Å². The van der Waals surface area contributed by atoms with E-state index in [1.54, 1.807) is 13.0 Å². The van der Waals surface area contributed by atoms with E-state index < -0.39 is 24.7 Å². The fraction of sp³-hybridized carbons (Fsp3) is 0.500. The second-order valence-electron chi connectivity index (χ2n) is 4.80. The van der Waals surface area contributed by atoms with Gasteiger partial charge in [0.05, 0.1) is 6.61 Å². The number of amides is 1. The Bertz CT molecular complexity index is 501. The molecular weight excluding hydrogens is 285 g/mol. The smallest absolute Gasteiger partial charge is 0.406 e. The minimum atomic E-state index is -4.48. The molecule has 21 heavy (non-hydrogen) atoms. The van der Waals surface area contributed by atoms with E-state index in [-0.39, 0.29) is 23.6 Å². The fourth-order valence-corrected chi connectivity index (χ4v) is 1.88. The normalized spacial score (nSPS) is 11.6. The third-order valence-electron chi connectivity index (χ3n) is 2.81. The van der Waals surface area contributed by atoms with Crippen molar-refractivity contribution in [3.63, 3.8) is 0 Å². The van der Waals surface area contributed by atoms with Crippen molar-refractivity contribution < 1.29 is 22.7 Å². The van der Waals surface area contributed by atoms with Crippen LogP contribution < -0.4 is 10.5 Å². The number of nitrogen functional groups attached to an aromatic ring is 1. The van der Waals surface area contributed by atoms with Gasteiger partial charge in [-0.2, -0.15) is 13.2 Å². The Morgan fingerprint density at radius 1 is 1.38 bits per heavy atom. The summed E-state index contributed by atoms with van der Waals surface area (Å²) in [5.74, 6) is -0.598. The van der Waals surface area contributed by atoms with E-state index >= 15 is 0 Å². The summed E-state index contributed by atoms with van der Waals surface area (Å²) in [6.07, 6.45) is -4.48. The summed E-state index contributed by atoms with van der Waals surface area (Å²) in [6.45, 7) is 3.70. The molecule has 0 saturated heterocycles. The van der Waals surface area contributed by atoms with Crippen LogP contribution in [0.2, 0.25) is 0 Å². The van der Waals surface area contributed by atoms with Crippen molar-refractivity contribution in [1.29, 1.82) is 0 Å². The first-order valence-corrected chi connectivity index (χ1v) is 6.56. The quantitative estimate of drug-likeness (QED) is 0.851. The van der Waals surface area contributed by atoms with Crippen molar-refractivity contribution in [2.75, 3.05) is 18.9 Å². The Kier molecular flexibility index (Phi) is 5.46. The molecule has 0 atom stereocenters. The van der Waals surface area contributed by atoms with E-state index in [4.69, 9.17) is 10.5 Å². The van der Waals surface area contributed by atoms with Crippen LogP contribution in [-0.2, 0) is 0 Å². The van der Waals surface area contributed by atoms with Gasteiger partial charge in [-0.05, 0) is 32.9 Å². The van der Waals surface area contributed by atoms with Crippen LogP contribution in [0.15, 0.2) is 18.2 Å². The molecule has 1 amide bonds. The Balaban J connectivity index is 3.21. The van der Waals surface area contributed by atoms with E-state index in [2.05, 4.69) is 0 Å². The molecule has 1 rings (SSSR count). The minimum Gasteiger partial charge on any atom is -0.493 e. The van der Waals surface area contributed by atoms with Gasteiger partial charge >= 0.3 is 6.18 Å². The number of nitrogens with two attached hydrogens (primary N) is 1. The number of carbonyl (C=O) groups excluding carboxylic acids is 1. The van der Waals surface area contributed by atoms with Crippen LogP contribution in [0.5, 0.6) is 5.75 Å². The number of hydrogen-bond acceptors (Lipinski definition) is 3. The molecule has 7 heteroatoms. The number of nitrogens with zero attached hydrogens (tertiary/aromatic N) is 1. The first kappa shape index (κ1) is 17.1. The number of halogens is 3. The topological polar surface area (TPSA) is 55.6 Å². The molecule has 0 unspecified atom stereocenters. The van der Waals surface area contributed by atoms with E-state index in [1.807, 2.05) is 0 Å². The SMILES string of the molecule is CCOc1cccc(N)c1C(=O)N(CC(F)(F)F)C(C)C. The fourth-order valence-electron chi connectivity index (χ4n) is 1.88. The molecule has 118 valence electrons. The highest BCUT2D eigenvalue weighted by molar-refractivity contribution is 6.02. The summed E-state index contributed by atoms with van der Waals surface area (Å²) in [4.78, 5) is 13.2. The molecule has 0 aliphatic heterocycles. The maximum Gasteiger partial charge on any atom is 0.406 e. The third-order valence-corrected chi connectivity index (χ3v) is 2.81. The van der Waals surface area contributed by atoms with Crippen LogP contribution in [-0.4, -0.2) is 36.2 Å². The Morgan fingerprint density at radius 2 is 2.00 bits per heavy atom. The first-order chi connectivity index (χ1) is 9.67. The van der Waals surface area contributed by atoms with Gasteiger partial charge in [-0.25, -0.2) is 0 Å². The largest absolute Gasteiger partial charge is 0.493 e. The lowest BCUT2D eigenvalue weighted by atomic mass is 10.1. The second kappa shape index (κ2) is 6.69. The maximum absolute atomic E-state index is 12.6. The van der Waals surface area contributed by atoms with Gasteiger partial charge in [-0.1, -0.05) is 6.07 Å². The van der Waals surface area contributed by atoms with Gasteiger partial charge in [0.25, 0.3) is 5.91 Å². The number of ether oxygens (including phenoxy) is 1. The van der Waals surface area contributed by atoms with Gasteiger partial charge in [0.2, 0.25) is 0 Å². The zero-order chi connectivity index (χ0) is 16.2. The molecule has 0 spiro atoms. The third kappa shape index (κ3) is 4.54. The van der Waals surface area contributed by atoms with Crippen molar-refractivity contribution in [3.05, 3.63) is 23.8 Å². The zero-order valence-electron chi connectivity index (χ0n) is 12.2. The van der Waals surface area contributed by atoms with E-state index in [1.165, 1.54) is 26.0 Å². The van der Waals surface area contributed by atoms with Gasteiger partial charge in [-0.15, -0.1) is 0 Å². The molecule has 4 nitrogen and oxygen atoms in total. The summed E-state index contributed by atoms with van der Waals surface area (Å²) < 4.78 is 43.2. The molecule has 1 aromatic carbocycles. The summed E-state index contributed by atoms with van der Waals surface area (Å²) in [6, 6.07) is 3.94. The highest BCUT2D eigenvalue weighted by Crippen LogP contribution is 2.28. The Labute approximate surface area is 121 Å². The summed E-state index contributed by atoms with van der Waals surface area (Å²) in [7, 11) is 0. The predicted octanol–water partition coefficient (Wildman–Crippen LogP) is 3.08. The highest BCUT2D eigenvalue weighted by Gasteiger charge is 2.35. The average Bonchev–Trinajstić information content (AvgIpc) is 2.34. The highest BCUT2D eigenvalue weighted by atomic mass is 19.4. The number of rotatable bonds is 5. The Hall–Kier alpha value is -1.92. The lowest BCUT2D eigenvalue weighted by molar-refractivity contribution is -0.143. The molecule has 0 heterocycles. The zero-order valence-corrected chi connectivity index (χ0v) is 12.2. The van der Waals surface area contributed by atoms with Crippen molar-refractivity contribution in [2.45, 2.75) is 33.0 Å². The van der Waals surface area contributed by atoms with Crippen molar-refractivity contribution in [2.24, 2.45) is 0 Å². The summed E-state index contributed by atoms with van der Waals surface area (Å²) >= 11 is 0. The first-order valence-electron chi connectivity index (χ1n) is 6.56. The number of carbonyl (C=O) groups is 1. The van der Waals surface area contributed by atoms with Crippen molar-refractivity contribution >= 4 is 11.6 Å². The van der Waals surface area contributed by atoms with Gasteiger partial charge in [0.15, 0.2) is 0 Å². The second-order valence-corrected chi connectivity index (χ2v) is 4.80. The van der Waals surface area contributed by atoms with Crippen LogP contribution in [0.1, 0.15) is 31.1 Å². The molecule has 0 aliphatic rings. The van der Waals surface area contributed by atoms with Crippen LogP contribution in [0.4, 0.5) is 18.9 Å². The number of alkyl halides is 3. The van der Waals surface area contributed by atoms with E-state index in [0.717, 1.165) is 4.90 Å². The lowest BCUT2D eigenvalue weighted by Gasteiger charge is -2.28. The van der Waals surface area contributed by atoms with Gasteiger partial charge in [0, 0.05) is 11.7 Å². The average molecular weight is 304 g/mol. The molecule has 0 radical (unpaired) electrons. The monoisotopic (exact) mass is 304 g/mol. The maximum atomic E-state index is 12.6. The van der Waals surface area contributed by atoms with Gasteiger partial charge in [-0.3, -0.25) is 4.79 Å². The van der Waals surface area contributed by atoms with Gasteiger partial charge < -0.3 is 15.4 Å². The van der Waals surface area contributed by atoms with Crippen molar-refractivity contribution in [1.82, 2.24) is 4.90 Å². The van der Waals surface area contributed by atoms with Crippen LogP contribution in [0.25, 0.3) is 0 Å². The van der Waals surface area contributed by atoms with Crippen molar-refractivity contribution in [3.8, 4) is 5.75 Å². The molecule has 0 aromatic heterocycles. The summed E-state index contributed by atoms with van der Waals surface area (Å²) in [5, 5.41) is 0. The number of anilines is 1. The molecule has 0 bridgehead atoms. The molecule has 0 fully saturated rings. The van der Waals surface area contributed by atoms with Crippen LogP contribution >= 0.6 is 0 Å². The van der Waals surface area contributed by atoms with E-state index in [9.17, 15) is 18.0 Å². The summed E-state index contributed by atoms with van der Waals surface area (Å²) in [5.41, 5.74) is 5.81. The molecule has 1 aromatic rings. The lowest BCUT2D eigenvalue weighted by Crippen LogP contribution is -2.43. The Morgan fingerprint density at radius 3 is 2.48 bits per heavy atom. The minimum absolute atomic E-state index is 0.0303. The molecule has 0 aliphatic carbocycles. The standard InChI is InChI=1S/C14H19F3N2O2/c1-4-21-11-7-5-6-10(18)12(11)13(20)19(9(2)3)8-14(15,16)17/h5-7,9H,4,8,18H2,1-3H3. The van der Waals surface area contributed by atoms with Crippen LogP contribution in [0, 0.1) is 0 Å². The predicted molar refractivity (Wildman–Crippen MR) is 74.3 cm³/mol. The molecule has 2 N–H and O–H groups in total. The number of benzene rings is 1. The molecule has 0 saturated carbocycles. The molecular formula is C14H19F3N2O2. The number of hydrogen-bond donors (Lipinski definition) is 1. The van der Waals surface area contributed by atoms with Gasteiger partial charge in [0.1, 0.15) is 17.9 Å².